The van der Waals surface area contributed by atoms with Gasteiger partial charge in [0, 0.05) is 18.8 Å². The van der Waals surface area contributed by atoms with E-state index in [1.165, 1.54) is 6.42 Å². The second-order valence-corrected chi connectivity index (χ2v) is 5.85. The van der Waals surface area contributed by atoms with Crippen molar-refractivity contribution in [1.29, 1.82) is 0 Å². The van der Waals surface area contributed by atoms with Gasteiger partial charge in [0.05, 0.1) is 17.9 Å². The summed E-state index contributed by atoms with van der Waals surface area (Å²) in [7, 11) is 0. The third kappa shape index (κ3) is 3.24. The van der Waals surface area contributed by atoms with E-state index in [9.17, 15) is 4.79 Å². The first kappa shape index (κ1) is 14.7. The molecule has 2 rings (SSSR count). The molecule has 110 valence electrons. The van der Waals surface area contributed by atoms with Crippen molar-refractivity contribution >= 4 is 17.3 Å². The van der Waals surface area contributed by atoms with E-state index >= 15 is 0 Å². The molecule has 0 amide bonds. The first-order valence-corrected chi connectivity index (χ1v) is 7.32. The quantitative estimate of drug-likeness (QED) is 0.681. The molecule has 2 atom stereocenters. The Labute approximate surface area is 120 Å². The monoisotopic (exact) mass is 276 g/mol. The van der Waals surface area contributed by atoms with E-state index in [-0.39, 0.29) is 5.97 Å². The molecule has 4 heteroatoms. The predicted octanol–water partition coefficient (Wildman–Crippen LogP) is 2.93. The molecule has 0 aliphatic carbocycles. The number of anilines is 2. The van der Waals surface area contributed by atoms with Crippen LogP contribution in [0.2, 0.25) is 0 Å². The van der Waals surface area contributed by atoms with Crippen LogP contribution in [0.1, 0.15) is 37.6 Å². The molecule has 1 aromatic carbocycles. The Morgan fingerprint density at radius 3 is 2.60 bits per heavy atom. The summed E-state index contributed by atoms with van der Waals surface area (Å²) < 4.78 is 5.15. The molecule has 20 heavy (non-hydrogen) atoms. The van der Waals surface area contributed by atoms with Crippen LogP contribution in [0.15, 0.2) is 18.2 Å². The highest BCUT2D eigenvalue weighted by atomic mass is 16.5. The summed E-state index contributed by atoms with van der Waals surface area (Å²) in [6.07, 6.45) is 1.24. The van der Waals surface area contributed by atoms with Gasteiger partial charge >= 0.3 is 5.97 Å². The highest BCUT2D eigenvalue weighted by molar-refractivity contribution is 5.97. The maximum Gasteiger partial charge on any atom is 0.340 e. The first-order chi connectivity index (χ1) is 9.51. The highest BCUT2D eigenvalue weighted by Crippen LogP contribution is 2.30. The van der Waals surface area contributed by atoms with Gasteiger partial charge in [0.15, 0.2) is 0 Å². The van der Waals surface area contributed by atoms with Crippen molar-refractivity contribution < 1.29 is 9.53 Å². The molecule has 1 fully saturated rings. The molecule has 0 aromatic heterocycles. The number of esters is 1. The fourth-order valence-corrected chi connectivity index (χ4v) is 3.06. The Morgan fingerprint density at radius 1 is 1.35 bits per heavy atom. The molecule has 1 aliphatic heterocycles. The number of piperidine rings is 1. The van der Waals surface area contributed by atoms with Crippen molar-refractivity contribution in [2.75, 3.05) is 30.3 Å². The van der Waals surface area contributed by atoms with Gasteiger partial charge in [0.25, 0.3) is 0 Å². The van der Waals surface area contributed by atoms with Gasteiger partial charge in [-0.15, -0.1) is 0 Å². The number of carbonyl (C=O) groups excluding carboxylic acids is 1. The summed E-state index contributed by atoms with van der Waals surface area (Å²) in [4.78, 5) is 14.4. The van der Waals surface area contributed by atoms with Gasteiger partial charge in [-0.25, -0.2) is 4.79 Å². The van der Waals surface area contributed by atoms with Gasteiger partial charge in [-0.1, -0.05) is 13.8 Å². The molecule has 0 radical (unpaired) electrons. The standard InChI is InChI=1S/C16H24N2O2/c1-4-20-16(19)14-8-13(17)5-6-15(14)18-9-11(2)7-12(3)10-18/h5-6,8,11-12H,4,7,9-10,17H2,1-3H3/t11-,12-/m0/s1. The lowest BCUT2D eigenvalue weighted by Crippen LogP contribution is -2.39. The van der Waals surface area contributed by atoms with E-state index < -0.39 is 0 Å². The number of benzene rings is 1. The number of ether oxygens (including phenoxy) is 1. The second kappa shape index (κ2) is 6.16. The molecule has 0 spiro atoms. The molecule has 1 heterocycles. The van der Waals surface area contributed by atoms with Crippen LogP contribution < -0.4 is 10.6 Å². The van der Waals surface area contributed by atoms with Gasteiger partial charge < -0.3 is 15.4 Å². The van der Waals surface area contributed by atoms with Crippen molar-refractivity contribution in [3.63, 3.8) is 0 Å². The van der Waals surface area contributed by atoms with Crippen molar-refractivity contribution in [1.82, 2.24) is 0 Å². The number of nitrogens with two attached hydrogens (primary N) is 1. The van der Waals surface area contributed by atoms with E-state index in [1.54, 1.807) is 6.07 Å². The van der Waals surface area contributed by atoms with E-state index in [0.29, 0.717) is 29.7 Å². The third-order valence-corrected chi connectivity index (χ3v) is 3.73. The molecule has 1 saturated heterocycles. The highest BCUT2D eigenvalue weighted by Gasteiger charge is 2.25. The SMILES string of the molecule is CCOC(=O)c1cc(N)ccc1N1C[C@@H](C)C[C@H](C)C1. The Morgan fingerprint density at radius 2 is 2.00 bits per heavy atom. The molecular formula is C16H24N2O2. The molecular weight excluding hydrogens is 252 g/mol. The summed E-state index contributed by atoms with van der Waals surface area (Å²) in [5, 5.41) is 0. The van der Waals surface area contributed by atoms with Gasteiger partial charge in [-0.3, -0.25) is 0 Å². The zero-order chi connectivity index (χ0) is 14.7. The predicted molar refractivity (Wildman–Crippen MR) is 82.0 cm³/mol. The fourth-order valence-electron chi connectivity index (χ4n) is 3.06. The molecule has 1 aliphatic rings. The Kier molecular flexibility index (Phi) is 4.53. The number of nitrogen functional groups attached to an aromatic ring is 1. The Bertz CT molecular complexity index is 477. The first-order valence-electron chi connectivity index (χ1n) is 7.32. The van der Waals surface area contributed by atoms with Gasteiger partial charge in [-0.05, 0) is 43.4 Å². The zero-order valence-electron chi connectivity index (χ0n) is 12.6. The van der Waals surface area contributed by atoms with Crippen LogP contribution in [0.5, 0.6) is 0 Å². The van der Waals surface area contributed by atoms with Crippen LogP contribution in [0.4, 0.5) is 11.4 Å². The van der Waals surface area contributed by atoms with Gasteiger partial charge in [0.1, 0.15) is 0 Å². The maximum atomic E-state index is 12.1. The molecule has 1 aromatic rings. The summed E-state index contributed by atoms with van der Waals surface area (Å²) in [6, 6.07) is 5.51. The summed E-state index contributed by atoms with van der Waals surface area (Å²) in [5.41, 5.74) is 7.93. The smallest absolute Gasteiger partial charge is 0.340 e. The third-order valence-electron chi connectivity index (χ3n) is 3.73. The minimum Gasteiger partial charge on any atom is -0.462 e. The van der Waals surface area contributed by atoms with Crippen LogP contribution >= 0.6 is 0 Å². The number of hydrogen-bond donors (Lipinski definition) is 1. The number of carbonyl (C=O) groups is 1. The molecule has 4 nitrogen and oxygen atoms in total. The van der Waals surface area contributed by atoms with Crippen LogP contribution in [0.3, 0.4) is 0 Å². The van der Waals surface area contributed by atoms with E-state index in [2.05, 4.69) is 18.7 Å². The molecule has 0 saturated carbocycles. The molecule has 0 bridgehead atoms. The van der Waals surface area contributed by atoms with Crippen molar-refractivity contribution in [3.8, 4) is 0 Å². The Balaban J connectivity index is 2.32. The average Bonchev–Trinajstić information content (AvgIpc) is 2.37. The topological polar surface area (TPSA) is 55.6 Å². The van der Waals surface area contributed by atoms with E-state index in [1.807, 2.05) is 19.1 Å². The summed E-state index contributed by atoms with van der Waals surface area (Å²) in [6.45, 7) is 8.64. The molecule has 2 N–H and O–H groups in total. The average molecular weight is 276 g/mol. The van der Waals surface area contributed by atoms with Crippen molar-refractivity contribution in [3.05, 3.63) is 23.8 Å². The molecule has 0 unspecified atom stereocenters. The lowest BCUT2D eigenvalue weighted by molar-refractivity contribution is 0.0527. The fraction of sp³-hybridized carbons (Fsp3) is 0.562. The van der Waals surface area contributed by atoms with E-state index in [4.69, 9.17) is 10.5 Å². The number of rotatable bonds is 3. The number of hydrogen-bond acceptors (Lipinski definition) is 4. The van der Waals surface area contributed by atoms with Crippen LogP contribution in [-0.4, -0.2) is 25.7 Å². The second-order valence-electron chi connectivity index (χ2n) is 5.85. The van der Waals surface area contributed by atoms with Gasteiger partial charge in [-0.2, -0.15) is 0 Å². The van der Waals surface area contributed by atoms with Crippen molar-refractivity contribution in [2.45, 2.75) is 27.2 Å². The minimum absolute atomic E-state index is 0.291. The van der Waals surface area contributed by atoms with E-state index in [0.717, 1.165) is 18.8 Å². The lowest BCUT2D eigenvalue weighted by atomic mass is 9.91. The maximum absolute atomic E-state index is 12.1. The summed E-state index contributed by atoms with van der Waals surface area (Å²) >= 11 is 0. The summed E-state index contributed by atoms with van der Waals surface area (Å²) in [5.74, 6) is 0.971. The Hall–Kier alpha value is -1.71. The lowest BCUT2D eigenvalue weighted by Gasteiger charge is -2.37. The normalized spacial score (nSPS) is 22.6. The van der Waals surface area contributed by atoms with Crippen molar-refractivity contribution in [2.24, 2.45) is 11.8 Å². The minimum atomic E-state index is -0.291. The largest absolute Gasteiger partial charge is 0.462 e. The zero-order valence-corrected chi connectivity index (χ0v) is 12.6. The number of nitrogens with zero attached hydrogens (tertiary/aromatic N) is 1. The van der Waals surface area contributed by atoms with Crippen LogP contribution in [-0.2, 0) is 4.74 Å². The van der Waals surface area contributed by atoms with Gasteiger partial charge in [0.2, 0.25) is 0 Å². The van der Waals surface area contributed by atoms with Crippen LogP contribution in [0.25, 0.3) is 0 Å². The van der Waals surface area contributed by atoms with Crippen LogP contribution in [0, 0.1) is 11.8 Å².